The number of aromatic nitrogens is 1. The molecule has 5 nitrogen and oxygen atoms in total. The van der Waals surface area contributed by atoms with Crippen LogP contribution in [-0.2, 0) is 9.59 Å². The molecule has 5 heteroatoms. The molecule has 178 valence electrons. The van der Waals surface area contributed by atoms with Gasteiger partial charge in [0.1, 0.15) is 0 Å². The molecule has 5 rings (SSSR count). The van der Waals surface area contributed by atoms with Gasteiger partial charge in [0.05, 0.1) is 11.9 Å². The first kappa shape index (κ1) is 22.6. The van der Waals surface area contributed by atoms with Gasteiger partial charge in [-0.15, -0.1) is 0 Å². The molecule has 33 heavy (non-hydrogen) atoms. The predicted molar refractivity (Wildman–Crippen MR) is 130 cm³/mol. The van der Waals surface area contributed by atoms with E-state index in [0.717, 1.165) is 42.7 Å². The first-order chi connectivity index (χ1) is 15.9. The molecule has 2 amide bonds. The number of fused-ring (bicyclic) bond motifs is 5. The Bertz CT molecular complexity index is 915. The summed E-state index contributed by atoms with van der Waals surface area (Å²) < 4.78 is 0. The molecule has 2 N–H and O–H groups in total. The van der Waals surface area contributed by atoms with Crippen LogP contribution in [0.2, 0.25) is 0 Å². The fourth-order valence-corrected chi connectivity index (χ4v) is 8.25. The molecule has 4 aliphatic rings. The van der Waals surface area contributed by atoms with Crippen LogP contribution in [-0.4, -0.2) is 22.8 Å². The summed E-state index contributed by atoms with van der Waals surface area (Å²) in [7, 11) is 0. The molecule has 3 aliphatic carbocycles. The number of hydrogen-bond acceptors (Lipinski definition) is 3. The molecule has 0 bridgehead atoms. The van der Waals surface area contributed by atoms with E-state index < -0.39 is 0 Å². The van der Waals surface area contributed by atoms with Crippen molar-refractivity contribution in [2.45, 2.75) is 84.1 Å². The number of unbranched alkanes of at least 4 members (excludes halogenated alkanes) is 1. The minimum absolute atomic E-state index is 0.0895. The van der Waals surface area contributed by atoms with Gasteiger partial charge in [-0.25, -0.2) is 0 Å². The van der Waals surface area contributed by atoms with Crippen LogP contribution >= 0.6 is 0 Å². The average Bonchev–Trinajstić information content (AvgIpc) is 3.14. The molecule has 3 fully saturated rings. The molecule has 1 aromatic heterocycles. The Hall–Kier alpha value is -2.17. The van der Waals surface area contributed by atoms with Gasteiger partial charge in [-0.3, -0.25) is 14.6 Å². The van der Waals surface area contributed by atoms with Crippen LogP contribution < -0.4 is 10.6 Å². The van der Waals surface area contributed by atoms with Crippen LogP contribution in [0.4, 0.5) is 5.69 Å². The summed E-state index contributed by atoms with van der Waals surface area (Å²) in [5.74, 6) is 3.28. The van der Waals surface area contributed by atoms with Gasteiger partial charge in [0.15, 0.2) is 0 Å². The number of rotatable bonds is 6. The standard InChI is InChI=1S/C28H39N3O2/c1-27-15-13-23-21(10-12-24-28(23,2)16-14-26(33)31-24)22(27)11-9-19(27)6-3-4-8-25(32)30-20-7-5-17-29-18-20/h5,7,14,16-19,21-24H,3-4,6,8-13,15H2,1-2H3,(H,30,32)(H,31,33)/t19?,21-,22-,23+,24?,27+,28+/m0/s1. The van der Waals surface area contributed by atoms with E-state index in [0.29, 0.717) is 23.8 Å². The van der Waals surface area contributed by atoms with Crippen molar-refractivity contribution < 1.29 is 9.59 Å². The van der Waals surface area contributed by atoms with Gasteiger partial charge in [-0.05, 0) is 98.7 Å². The summed E-state index contributed by atoms with van der Waals surface area (Å²) in [6, 6.07) is 4.04. The quantitative estimate of drug-likeness (QED) is 0.564. The number of hydrogen-bond donors (Lipinski definition) is 2. The van der Waals surface area contributed by atoms with Gasteiger partial charge in [0, 0.05) is 24.1 Å². The lowest BCUT2D eigenvalue weighted by atomic mass is 9.48. The number of nitrogens with zero attached hydrogens (tertiary/aromatic N) is 1. The predicted octanol–water partition coefficient (Wildman–Crippen LogP) is 5.49. The van der Waals surface area contributed by atoms with E-state index in [1.54, 1.807) is 18.5 Å². The maximum atomic E-state index is 12.3. The Morgan fingerprint density at radius 1 is 1.15 bits per heavy atom. The third kappa shape index (κ3) is 4.13. The number of nitrogens with one attached hydrogen (secondary N) is 2. The fraction of sp³-hybridized carbons (Fsp3) is 0.679. The van der Waals surface area contributed by atoms with Crippen molar-refractivity contribution in [2.24, 2.45) is 34.5 Å². The van der Waals surface area contributed by atoms with Crippen molar-refractivity contribution in [3.63, 3.8) is 0 Å². The van der Waals surface area contributed by atoms with E-state index in [4.69, 9.17) is 0 Å². The topological polar surface area (TPSA) is 71.1 Å². The monoisotopic (exact) mass is 449 g/mol. The van der Waals surface area contributed by atoms with E-state index in [1.807, 2.05) is 12.1 Å². The highest BCUT2D eigenvalue weighted by Gasteiger charge is 2.59. The van der Waals surface area contributed by atoms with Gasteiger partial charge in [-0.1, -0.05) is 26.3 Å². The second-order valence-electron chi connectivity index (χ2n) is 11.6. The van der Waals surface area contributed by atoms with Gasteiger partial charge < -0.3 is 10.6 Å². The zero-order chi connectivity index (χ0) is 23.1. The third-order valence-corrected chi connectivity index (χ3v) is 10.0. The number of carbonyl (C=O) groups excluding carboxylic acids is 2. The highest BCUT2D eigenvalue weighted by atomic mass is 16.2. The number of carbonyl (C=O) groups is 2. The molecule has 1 aliphatic heterocycles. The second kappa shape index (κ2) is 8.88. The maximum absolute atomic E-state index is 12.3. The minimum atomic E-state index is 0.0895. The van der Waals surface area contributed by atoms with Crippen molar-refractivity contribution in [1.82, 2.24) is 10.3 Å². The van der Waals surface area contributed by atoms with Crippen molar-refractivity contribution >= 4 is 17.5 Å². The first-order valence-electron chi connectivity index (χ1n) is 13.1. The van der Waals surface area contributed by atoms with Crippen LogP contribution in [0.3, 0.4) is 0 Å². The Kier molecular flexibility index (Phi) is 6.09. The van der Waals surface area contributed by atoms with Gasteiger partial charge in [0.2, 0.25) is 11.8 Å². The summed E-state index contributed by atoms with van der Waals surface area (Å²) in [6.07, 6.45) is 19.1. The Morgan fingerprint density at radius 3 is 2.85 bits per heavy atom. The van der Waals surface area contributed by atoms with Crippen LogP contribution in [0.25, 0.3) is 0 Å². The summed E-state index contributed by atoms with van der Waals surface area (Å²) >= 11 is 0. The lowest BCUT2D eigenvalue weighted by molar-refractivity contribution is -0.122. The SMILES string of the molecule is C[C@]12C=CC(=O)NC1CC[C@@H]1[C@H]2CC[C@]2(C)C(CCCCC(=O)Nc3cccnc3)CC[C@@H]12. The summed E-state index contributed by atoms with van der Waals surface area (Å²) in [4.78, 5) is 28.2. The molecular weight excluding hydrogens is 410 g/mol. The summed E-state index contributed by atoms with van der Waals surface area (Å²) in [5.41, 5.74) is 1.35. The van der Waals surface area contributed by atoms with Crippen molar-refractivity contribution in [1.29, 1.82) is 0 Å². The molecule has 3 saturated carbocycles. The fourth-order valence-electron chi connectivity index (χ4n) is 8.25. The highest BCUT2D eigenvalue weighted by molar-refractivity contribution is 5.90. The molecule has 0 spiro atoms. The molecule has 1 aromatic rings. The van der Waals surface area contributed by atoms with E-state index in [1.165, 1.54) is 38.5 Å². The summed E-state index contributed by atoms with van der Waals surface area (Å²) in [5, 5.41) is 6.22. The lowest BCUT2D eigenvalue weighted by Gasteiger charge is -2.59. The third-order valence-electron chi connectivity index (χ3n) is 10.0. The van der Waals surface area contributed by atoms with Gasteiger partial charge >= 0.3 is 0 Å². The minimum Gasteiger partial charge on any atom is -0.349 e. The number of pyridine rings is 1. The summed E-state index contributed by atoms with van der Waals surface area (Å²) in [6.45, 7) is 4.98. The first-order valence-corrected chi connectivity index (χ1v) is 13.1. The lowest BCUT2D eigenvalue weighted by Crippen LogP contribution is -2.59. The van der Waals surface area contributed by atoms with Crippen molar-refractivity contribution in [3.8, 4) is 0 Å². The van der Waals surface area contributed by atoms with E-state index in [-0.39, 0.29) is 17.2 Å². The Morgan fingerprint density at radius 2 is 2.03 bits per heavy atom. The Labute approximate surface area is 198 Å². The highest BCUT2D eigenvalue weighted by Crippen LogP contribution is 2.65. The Balaban J connectivity index is 1.15. The molecule has 7 atom stereocenters. The molecule has 0 radical (unpaired) electrons. The zero-order valence-electron chi connectivity index (χ0n) is 20.2. The molecule has 2 unspecified atom stereocenters. The molecule has 2 heterocycles. The van der Waals surface area contributed by atoms with E-state index in [9.17, 15) is 9.59 Å². The molecule has 0 saturated heterocycles. The van der Waals surface area contributed by atoms with Crippen molar-refractivity contribution in [2.75, 3.05) is 5.32 Å². The zero-order valence-corrected chi connectivity index (χ0v) is 20.2. The van der Waals surface area contributed by atoms with Crippen LogP contribution in [0.15, 0.2) is 36.7 Å². The van der Waals surface area contributed by atoms with E-state index in [2.05, 4.69) is 35.5 Å². The maximum Gasteiger partial charge on any atom is 0.243 e. The second-order valence-corrected chi connectivity index (χ2v) is 11.6. The van der Waals surface area contributed by atoms with Crippen LogP contribution in [0, 0.1) is 34.5 Å². The average molecular weight is 450 g/mol. The number of anilines is 1. The van der Waals surface area contributed by atoms with Gasteiger partial charge in [-0.2, -0.15) is 0 Å². The smallest absolute Gasteiger partial charge is 0.243 e. The number of amides is 2. The van der Waals surface area contributed by atoms with Crippen LogP contribution in [0.1, 0.15) is 78.1 Å². The van der Waals surface area contributed by atoms with Crippen LogP contribution in [0.5, 0.6) is 0 Å². The normalized spacial score (nSPS) is 39.2. The largest absolute Gasteiger partial charge is 0.349 e. The molecular formula is C28H39N3O2. The van der Waals surface area contributed by atoms with Crippen molar-refractivity contribution in [3.05, 3.63) is 36.7 Å². The van der Waals surface area contributed by atoms with Gasteiger partial charge in [0.25, 0.3) is 0 Å². The van der Waals surface area contributed by atoms with E-state index >= 15 is 0 Å². The molecule has 0 aromatic carbocycles.